The van der Waals surface area contributed by atoms with Crippen LogP contribution in [0.4, 0.5) is 0 Å². The van der Waals surface area contributed by atoms with E-state index in [9.17, 15) is 0 Å². The van der Waals surface area contributed by atoms with Crippen LogP contribution in [0.5, 0.6) is 0 Å². The van der Waals surface area contributed by atoms with Crippen molar-refractivity contribution in [3.05, 3.63) is 35.9 Å². The average Bonchev–Trinajstić information content (AvgIpc) is 2.31. The van der Waals surface area contributed by atoms with E-state index in [0.717, 1.165) is 6.42 Å². The van der Waals surface area contributed by atoms with E-state index in [1.54, 1.807) is 0 Å². The average molecular weight is 204 g/mol. The zero-order valence-electron chi connectivity index (χ0n) is 9.32. The highest BCUT2D eigenvalue weighted by molar-refractivity contribution is 5.21. The fourth-order valence-electron chi connectivity index (χ4n) is 2.35. The zero-order valence-corrected chi connectivity index (χ0v) is 9.32. The maximum absolute atomic E-state index is 6.17. The molecule has 2 rings (SSSR count). The van der Waals surface area contributed by atoms with Gasteiger partial charge in [-0.3, -0.25) is 0 Å². The van der Waals surface area contributed by atoms with Gasteiger partial charge in [-0.2, -0.15) is 0 Å². The van der Waals surface area contributed by atoms with Crippen molar-refractivity contribution in [3.63, 3.8) is 0 Å². The number of piperidine rings is 1. The molecule has 0 bridgehead atoms. The van der Waals surface area contributed by atoms with Gasteiger partial charge >= 0.3 is 0 Å². The van der Waals surface area contributed by atoms with Crippen LogP contribution in [0.15, 0.2) is 30.3 Å². The minimum atomic E-state index is 0.259. The van der Waals surface area contributed by atoms with Crippen LogP contribution in [-0.4, -0.2) is 12.1 Å². The van der Waals surface area contributed by atoms with E-state index in [-0.39, 0.29) is 6.04 Å². The Hall–Kier alpha value is -0.860. The van der Waals surface area contributed by atoms with E-state index in [1.807, 2.05) is 0 Å². The Kier molecular flexibility index (Phi) is 3.39. The summed E-state index contributed by atoms with van der Waals surface area (Å²) in [5, 5.41) is 3.64. The standard InChI is InChI=1S/C13H20N2/c1-2-11-8-9-12(14)13(15-11)10-6-4-3-5-7-10/h3-7,11-13,15H,2,8-9,14H2,1H3/t11-,12-,13-/m1/s1. The predicted octanol–water partition coefficient (Wildman–Crippen LogP) is 2.22. The Balaban J connectivity index is 2.13. The van der Waals surface area contributed by atoms with E-state index >= 15 is 0 Å². The number of benzene rings is 1. The van der Waals surface area contributed by atoms with Crippen molar-refractivity contribution in [2.75, 3.05) is 0 Å². The molecule has 2 heteroatoms. The normalized spacial score (nSPS) is 31.5. The molecular formula is C13H20N2. The summed E-state index contributed by atoms with van der Waals surface area (Å²) in [6, 6.07) is 11.8. The van der Waals surface area contributed by atoms with E-state index in [4.69, 9.17) is 5.73 Å². The van der Waals surface area contributed by atoms with E-state index in [0.29, 0.717) is 12.1 Å². The second kappa shape index (κ2) is 4.77. The molecule has 1 aromatic carbocycles. The monoisotopic (exact) mass is 204 g/mol. The molecule has 15 heavy (non-hydrogen) atoms. The lowest BCUT2D eigenvalue weighted by Crippen LogP contribution is -2.47. The maximum Gasteiger partial charge on any atom is 0.0475 e. The summed E-state index contributed by atoms with van der Waals surface area (Å²) >= 11 is 0. The Bertz CT molecular complexity index is 297. The lowest BCUT2D eigenvalue weighted by Gasteiger charge is -2.35. The second-order valence-electron chi connectivity index (χ2n) is 4.40. The second-order valence-corrected chi connectivity index (χ2v) is 4.40. The van der Waals surface area contributed by atoms with Gasteiger partial charge in [0.2, 0.25) is 0 Å². The summed E-state index contributed by atoms with van der Waals surface area (Å²) in [4.78, 5) is 0. The third-order valence-corrected chi connectivity index (χ3v) is 3.34. The predicted molar refractivity (Wildman–Crippen MR) is 63.6 cm³/mol. The van der Waals surface area contributed by atoms with Crippen molar-refractivity contribution in [1.29, 1.82) is 0 Å². The molecule has 0 radical (unpaired) electrons. The van der Waals surface area contributed by atoms with Gasteiger partial charge in [0.25, 0.3) is 0 Å². The topological polar surface area (TPSA) is 38.0 Å². The Morgan fingerprint density at radius 2 is 2.00 bits per heavy atom. The molecule has 82 valence electrons. The van der Waals surface area contributed by atoms with Gasteiger partial charge in [-0.05, 0) is 24.8 Å². The minimum absolute atomic E-state index is 0.259. The molecule has 2 nitrogen and oxygen atoms in total. The summed E-state index contributed by atoms with van der Waals surface area (Å²) < 4.78 is 0. The number of rotatable bonds is 2. The highest BCUT2D eigenvalue weighted by atomic mass is 15.0. The first-order valence-electron chi connectivity index (χ1n) is 5.88. The quantitative estimate of drug-likeness (QED) is 0.775. The molecule has 1 aliphatic rings. The minimum Gasteiger partial charge on any atom is -0.326 e. The molecule has 0 saturated carbocycles. The number of hydrogen-bond donors (Lipinski definition) is 2. The fourth-order valence-corrected chi connectivity index (χ4v) is 2.35. The molecule has 3 atom stereocenters. The van der Waals surface area contributed by atoms with Gasteiger partial charge in [-0.25, -0.2) is 0 Å². The molecule has 3 N–H and O–H groups in total. The van der Waals surface area contributed by atoms with Crippen LogP contribution in [-0.2, 0) is 0 Å². The Morgan fingerprint density at radius 3 is 2.67 bits per heavy atom. The van der Waals surface area contributed by atoms with Crippen molar-refractivity contribution in [1.82, 2.24) is 5.32 Å². The van der Waals surface area contributed by atoms with Crippen molar-refractivity contribution in [2.45, 2.75) is 44.3 Å². The largest absolute Gasteiger partial charge is 0.326 e. The van der Waals surface area contributed by atoms with Gasteiger partial charge in [0.1, 0.15) is 0 Å². The molecule has 0 aliphatic carbocycles. The molecule has 1 aromatic rings. The van der Waals surface area contributed by atoms with Crippen LogP contribution in [0.2, 0.25) is 0 Å². The van der Waals surface area contributed by atoms with Crippen LogP contribution in [0.3, 0.4) is 0 Å². The molecular weight excluding hydrogens is 184 g/mol. The molecule has 1 fully saturated rings. The Labute approximate surface area is 91.9 Å². The first-order chi connectivity index (χ1) is 7.31. The summed E-state index contributed by atoms with van der Waals surface area (Å²) in [5.74, 6) is 0. The smallest absolute Gasteiger partial charge is 0.0475 e. The Morgan fingerprint density at radius 1 is 1.27 bits per heavy atom. The maximum atomic E-state index is 6.17. The van der Waals surface area contributed by atoms with Crippen LogP contribution < -0.4 is 11.1 Å². The van der Waals surface area contributed by atoms with Gasteiger partial charge in [0.05, 0.1) is 0 Å². The van der Waals surface area contributed by atoms with Gasteiger partial charge in [0, 0.05) is 18.1 Å². The number of hydrogen-bond acceptors (Lipinski definition) is 2. The van der Waals surface area contributed by atoms with Crippen molar-refractivity contribution >= 4 is 0 Å². The summed E-state index contributed by atoms with van der Waals surface area (Å²) in [6.07, 6.45) is 3.53. The van der Waals surface area contributed by atoms with Crippen LogP contribution in [0.25, 0.3) is 0 Å². The molecule has 0 unspecified atom stereocenters. The van der Waals surface area contributed by atoms with E-state index in [1.165, 1.54) is 18.4 Å². The lowest BCUT2D eigenvalue weighted by molar-refractivity contribution is 0.283. The van der Waals surface area contributed by atoms with Crippen LogP contribution in [0.1, 0.15) is 37.8 Å². The zero-order chi connectivity index (χ0) is 10.7. The van der Waals surface area contributed by atoms with Gasteiger partial charge in [0.15, 0.2) is 0 Å². The first kappa shape index (κ1) is 10.7. The van der Waals surface area contributed by atoms with Gasteiger partial charge in [-0.1, -0.05) is 37.3 Å². The summed E-state index contributed by atoms with van der Waals surface area (Å²) in [6.45, 7) is 2.23. The summed E-state index contributed by atoms with van der Waals surface area (Å²) in [5.41, 5.74) is 7.49. The van der Waals surface area contributed by atoms with Crippen LogP contribution >= 0.6 is 0 Å². The van der Waals surface area contributed by atoms with Crippen molar-refractivity contribution < 1.29 is 0 Å². The molecule has 1 saturated heterocycles. The summed E-state index contributed by atoms with van der Waals surface area (Å²) in [7, 11) is 0. The third-order valence-electron chi connectivity index (χ3n) is 3.34. The molecule has 1 aliphatic heterocycles. The highest BCUT2D eigenvalue weighted by Crippen LogP contribution is 2.25. The van der Waals surface area contributed by atoms with Gasteiger partial charge < -0.3 is 11.1 Å². The van der Waals surface area contributed by atoms with E-state index in [2.05, 4.69) is 42.6 Å². The molecule has 1 heterocycles. The molecule has 0 spiro atoms. The van der Waals surface area contributed by atoms with Crippen LogP contribution in [0, 0.1) is 0 Å². The van der Waals surface area contributed by atoms with E-state index < -0.39 is 0 Å². The first-order valence-corrected chi connectivity index (χ1v) is 5.88. The highest BCUT2D eigenvalue weighted by Gasteiger charge is 2.27. The molecule has 0 amide bonds. The molecule has 0 aromatic heterocycles. The lowest BCUT2D eigenvalue weighted by atomic mass is 9.89. The van der Waals surface area contributed by atoms with Crippen molar-refractivity contribution in [2.24, 2.45) is 5.73 Å². The number of nitrogens with one attached hydrogen (secondary N) is 1. The fraction of sp³-hybridized carbons (Fsp3) is 0.538. The SMILES string of the molecule is CC[C@@H]1CC[C@@H](N)[C@@H](c2ccccc2)N1. The van der Waals surface area contributed by atoms with Gasteiger partial charge in [-0.15, -0.1) is 0 Å². The van der Waals surface area contributed by atoms with Crippen molar-refractivity contribution in [3.8, 4) is 0 Å². The third kappa shape index (κ3) is 2.39. The number of nitrogens with two attached hydrogens (primary N) is 1.